The van der Waals surface area contributed by atoms with Crippen molar-refractivity contribution in [3.8, 4) is 11.5 Å². The summed E-state index contributed by atoms with van der Waals surface area (Å²) in [4.78, 5) is 36.1. The molecule has 4 aromatic rings. The van der Waals surface area contributed by atoms with E-state index in [-0.39, 0.29) is 29.5 Å². The average Bonchev–Trinajstić information content (AvgIpc) is 3.20. The van der Waals surface area contributed by atoms with Gasteiger partial charge in [0.15, 0.2) is 12.4 Å². The van der Waals surface area contributed by atoms with Crippen molar-refractivity contribution in [2.75, 3.05) is 19.0 Å². The van der Waals surface area contributed by atoms with Crippen molar-refractivity contribution in [1.29, 1.82) is 0 Å². The predicted molar refractivity (Wildman–Crippen MR) is 128 cm³/mol. The number of nitrogens with zero attached hydrogens (tertiary/aromatic N) is 1. The van der Waals surface area contributed by atoms with Crippen LogP contribution in [0.3, 0.4) is 0 Å². The van der Waals surface area contributed by atoms with Gasteiger partial charge in [0.25, 0.3) is 11.6 Å². The third kappa shape index (κ3) is 4.76. The summed E-state index contributed by atoms with van der Waals surface area (Å²) >= 11 is 3.37. The van der Waals surface area contributed by atoms with E-state index in [9.17, 15) is 19.7 Å². The summed E-state index contributed by atoms with van der Waals surface area (Å²) < 4.78 is 17.0. The first-order valence-electron chi connectivity index (χ1n) is 9.94. The summed E-state index contributed by atoms with van der Waals surface area (Å²) in [6.07, 6.45) is 0. The van der Waals surface area contributed by atoms with E-state index in [2.05, 4.69) is 21.2 Å². The lowest BCUT2D eigenvalue weighted by atomic mass is 10.1. The summed E-state index contributed by atoms with van der Waals surface area (Å²) in [5.41, 5.74) is 0.911. The molecule has 1 aromatic heterocycles. The molecule has 0 unspecified atom stereocenters. The van der Waals surface area contributed by atoms with Gasteiger partial charge in [0.2, 0.25) is 5.78 Å². The lowest BCUT2D eigenvalue weighted by Crippen LogP contribution is -2.21. The molecule has 0 spiro atoms. The molecule has 0 saturated carbocycles. The van der Waals surface area contributed by atoms with Crippen LogP contribution in [0.2, 0.25) is 0 Å². The number of amides is 1. The number of non-ortho nitro benzene ring substituents is 1. The van der Waals surface area contributed by atoms with Gasteiger partial charge in [0, 0.05) is 23.1 Å². The first-order chi connectivity index (χ1) is 16.4. The van der Waals surface area contributed by atoms with E-state index in [1.54, 1.807) is 42.5 Å². The topological polar surface area (TPSA) is 121 Å². The van der Waals surface area contributed by atoms with Crippen molar-refractivity contribution in [2.45, 2.75) is 0 Å². The Bertz CT molecular complexity index is 1400. The van der Waals surface area contributed by atoms with Crippen molar-refractivity contribution in [3.63, 3.8) is 0 Å². The highest BCUT2D eigenvalue weighted by Gasteiger charge is 2.24. The molecule has 0 bridgehead atoms. The van der Waals surface area contributed by atoms with Gasteiger partial charge in [0.1, 0.15) is 17.1 Å². The monoisotopic (exact) mass is 524 g/mol. The van der Waals surface area contributed by atoms with Crippen LogP contribution >= 0.6 is 15.9 Å². The second-order valence-electron chi connectivity index (χ2n) is 7.07. The van der Waals surface area contributed by atoms with Crippen LogP contribution < -0.4 is 14.8 Å². The Morgan fingerprint density at radius 2 is 1.82 bits per heavy atom. The Kier molecular flexibility index (Phi) is 6.60. The fraction of sp³-hybridized carbons (Fsp3) is 0.0833. The Labute approximate surface area is 201 Å². The van der Waals surface area contributed by atoms with E-state index < -0.39 is 16.6 Å². The first-order valence-corrected chi connectivity index (χ1v) is 10.7. The zero-order valence-electron chi connectivity index (χ0n) is 17.7. The van der Waals surface area contributed by atoms with Crippen molar-refractivity contribution >= 4 is 50.0 Å². The van der Waals surface area contributed by atoms with Crippen LogP contribution in [0.25, 0.3) is 11.0 Å². The number of carbonyl (C=O) groups is 2. The molecule has 1 amide bonds. The molecule has 9 nitrogen and oxygen atoms in total. The number of nitro groups is 1. The Morgan fingerprint density at radius 1 is 1.09 bits per heavy atom. The molecule has 4 rings (SSSR count). The van der Waals surface area contributed by atoms with Crippen molar-refractivity contribution in [2.24, 2.45) is 0 Å². The highest BCUT2D eigenvalue weighted by atomic mass is 79.9. The second-order valence-corrected chi connectivity index (χ2v) is 7.92. The van der Waals surface area contributed by atoms with Crippen LogP contribution in [0, 0.1) is 10.1 Å². The summed E-state index contributed by atoms with van der Waals surface area (Å²) in [6, 6.07) is 17.2. The molecule has 3 aromatic carbocycles. The molecule has 10 heteroatoms. The minimum Gasteiger partial charge on any atom is -0.496 e. The van der Waals surface area contributed by atoms with Gasteiger partial charge >= 0.3 is 0 Å². The van der Waals surface area contributed by atoms with Gasteiger partial charge in [-0.15, -0.1) is 0 Å². The van der Waals surface area contributed by atoms with Gasteiger partial charge in [-0.1, -0.05) is 12.1 Å². The molecule has 0 saturated heterocycles. The third-order valence-electron chi connectivity index (χ3n) is 4.90. The number of anilines is 1. The second kappa shape index (κ2) is 9.75. The Balaban J connectivity index is 1.57. The number of ketones is 1. The smallest absolute Gasteiger partial charge is 0.269 e. The Morgan fingerprint density at radius 3 is 2.50 bits per heavy atom. The van der Waals surface area contributed by atoms with Gasteiger partial charge in [0.05, 0.1) is 22.2 Å². The van der Waals surface area contributed by atoms with Crippen LogP contribution in [0.15, 0.2) is 75.6 Å². The molecule has 0 fully saturated rings. The largest absolute Gasteiger partial charge is 0.496 e. The molecule has 0 aliphatic carbocycles. The third-order valence-corrected chi connectivity index (χ3v) is 5.52. The van der Waals surface area contributed by atoms with Crippen molar-refractivity contribution in [1.82, 2.24) is 0 Å². The number of furan rings is 1. The molecule has 1 heterocycles. The minimum absolute atomic E-state index is 0.0260. The number of hydrogen-bond acceptors (Lipinski definition) is 7. The molecule has 0 aliphatic rings. The molecule has 34 heavy (non-hydrogen) atoms. The zero-order chi connectivity index (χ0) is 24.2. The van der Waals surface area contributed by atoms with Gasteiger partial charge in [-0.2, -0.15) is 0 Å². The summed E-state index contributed by atoms with van der Waals surface area (Å²) in [7, 11) is 1.52. The number of hydrogen-bond donors (Lipinski definition) is 1. The standard InChI is InChI=1S/C24H17BrN2O7/c1-32-20-11-6-14(12-18(20)25)23(29)24-22(17-4-2-3-5-19(17)34-24)26-21(28)13-33-16-9-7-15(8-10-16)27(30)31/h2-12H,13H2,1H3,(H,26,28). The number of rotatable bonds is 8. The maximum atomic E-state index is 13.2. The van der Waals surface area contributed by atoms with Crippen molar-refractivity contribution in [3.05, 3.63) is 92.6 Å². The molecule has 172 valence electrons. The number of methoxy groups -OCH3 is 1. The van der Waals surface area contributed by atoms with Gasteiger partial charge in [-0.05, 0) is 58.4 Å². The maximum absolute atomic E-state index is 13.2. The summed E-state index contributed by atoms with van der Waals surface area (Å²) in [6.45, 7) is -0.376. The van der Waals surface area contributed by atoms with Crippen molar-refractivity contribution < 1.29 is 28.4 Å². The number of nitro benzene ring substituents is 1. The van der Waals surface area contributed by atoms with Gasteiger partial charge in [-0.3, -0.25) is 19.7 Å². The highest BCUT2D eigenvalue weighted by Crippen LogP contribution is 2.34. The van der Waals surface area contributed by atoms with E-state index in [0.29, 0.717) is 26.8 Å². The summed E-state index contributed by atoms with van der Waals surface area (Å²) in [5.74, 6) is -0.127. The van der Waals surface area contributed by atoms with Crippen LogP contribution in [-0.4, -0.2) is 30.3 Å². The van der Waals surface area contributed by atoms with Gasteiger partial charge in [-0.25, -0.2) is 0 Å². The number of carbonyl (C=O) groups excluding carboxylic acids is 2. The van der Waals surface area contributed by atoms with E-state index in [4.69, 9.17) is 13.9 Å². The molecule has 0 radical (unpaired) electrons. The van der Waals surface area contributed by atoms with Crippen LogP contribution in [0.4, 0.5) is 11.4 Å². The molecular formula is C24H17BrN2O7. The first kappa shape index (κ1) is 23.0. The van der Waals surface area contributed by atoms with E-state index in [1.807, 2.05) is 0 Å². The van der Waals surface area contributed by atoms with Crippen LogP contribution in [0.1, 0.15) is 16.1 Å². The predicted octanol–water partition coefficient (Wildman–Crippen LogP) is 5.36. The zero-order valence-corrected chi connectivity index (χ0v) is 19.3. The van der Waals surface area contributed by atoms with E-state index in [0.717, 1.165) is 0 Å². The number of nitrogens with one attached hydrogen (secondary N) is 1. The number of fused-ring (bicyclic) bond motifs is 1. The summed E-state index contributed by atoms with van der Waals surface area (Å²) in [5, 5.41) is 14.0. The van der Waals surface area contributed by atoms with Gasteiger partial charge < -0.3 is 19.2 Å². The van der Waals surface area contributed by atoms with Crippen LogP contribution in [0.5, 0.6) is 11.5 Å². The lowest BCUT2D eigenvalue weighted by Gasteiger charge is -2.09. The highest BCUT2D eigenvalue weighted by molar-refractivity contribution is 9.10. The number of halogens is 1. The quantitative estimate of drug-likeness (QED) is 0.187. The average molecular weight is 525 g/mol. The van der Waals surface area contributed by atoms with Crippen LogP contribution in [-0.2, 0) is 4.79 Å². The molecule has 0 atom stereocenters. The molecule has 0 aliphatic heterocycles. The molecule has 1 N–H and O–H groups in total. The number of ether oxygens (including phenoxy) is 2. The molecular weight excluding hydrogens is 508 g/mol. The number of para-hydroxylation sites is 1. The van der Waals surface area contributed by atoms with E-state index >= 15 is 0 Å². The fourth-order valence-corrected chi connectivity index (χ4v) is 3.80. The Hall–Kier alpha value is -4.18. The maximum Gasteiger partial charge on any atom is 0.269 e. The normalized spacial score (nSPS) is 10.6. The SMILES string of the molecule is COc1ccc(C(=O)c2oc3ccccc3c2NC(=O)COc2ccc([N+](=O)[O-])cc2)cc1Br. The number of benzene rings is 3. The fourth-order valence-electron chi connectivity index (χ4n) is 3.26. The lowest BCUT2D eigenvalue weighted by molar-refractivity contribution is -0.384. The minimum atomic E-state index is -0.533. The van der Waals surface area contributed by atoms with E-state index in [1.165, 1.54) is 31.4 Å².